The van der Waals surface area contributed by atoms with Crippen LogP contribution in [0.5, 0.6) is 0 Å². The zero-order valence-electron chi connectivity index (χ0n) is 19.2. The normalized spacial score (nSPS) is 14.0. The molecule has 0 bridgehead atoms. The van der Waals surface area contributed by atoms with Gasteiger partial charge < -0.3 is 9.88 Å². The lowest BCUT2D eigenvalue weighted by atomic mass is 10.2. The molecule has 0 saturated heterocycles. The number of fused-ring (bicyclic) bond motifs is 1. The Morgan fingerprint density at radius 3 is 2.40 bits per heavy atom. The molecule has 1 fully saturated rings. The molecule has 2 aromatic heterocycles. The summed E-state index contributed by atoms with van der Waals surface area (Å²) in [4.78, 5) is 44.1. The van der Waals surface area contributed by atoms with Crippen molar-refractivity contribution in [3.8, 4) is 0 Å². The van der Waals surface area contributed by atoms with Crippen molar-refractivity contribution in [3.63, 3.8) is 0 Å². The van der Waals surface area contributed by atoms with Crippen LogP contribution in [-0.4, -0.2) is 24.6 Å². The van der Waals surface area contributed by atoms with Crippen molar-refractivity contribution in [1.29, 1.82) is 0 Å². The molecule has 0 unspecified atom stereocenters. The SMILES string of the molecule is O=C(Cn1c(=O)c2c(ncn2C2CCCC2)n(Cc2ccccc2)c1=O)NCc1ccc(F)cc1. The quantitative estimate of drug-likeness (QED) is 0.445. The predicted molar refractivity (Wildman–Crippen MR) is 130 cm³/mol. The molecule has 1 aliphatic rings. The zero-order chi connectivity index (χ0) is 24.4. The van der Waals surface area contributed by atoms with Crippen molar-refractivity contribution in [2.75, 3.05) is 0 Å². The van der Waals surface area contributed by atoms with E-state index in [4.69, 9.17) is 0 Å². The minimum absolute atomic E-state index is 0.149. The highest BCUT2D eigenvalue weighted by Crippen LogP contribution is 2.31. The number of imidazole rings is 1. The van der Waals surface area contributed by atoms with Crippen molar-refractivity contribution in [2.45, 2.75) is 51.4 Å². The Bertz CT molecular complexity index is 1470. The maximum atomic E-state index is 13.5. The number of benzene rings is 2. The van der Waals surface area contributed by atoms with Gasteiger partial charge in [0.15, 0.2) is 11.2 Å². The fourth-order valence-corrected chi connectivity index (χ4v) is 4.72. The molecular weight excluding hydrogens is 449 g/mol. The second-order valence-electron chi connectivity index (χ2n) is 8.91. The van der Waals surface area contributed by atoms with Crippen LogP contribution in [0, 0.1) is 5.82 Å². The van der Waals surface area contributed by atoms with Crippen LogP contribution in [0.25, 0.3) is 11.2 Å². The van der Waals surface area contributed by atoms with E-state index in [1.807, 2.05) is 34.9 Å². The van der Waals surface area contributed by atoms with Gasteiger partial charge >= 0.3 is 5.69 Å². The first-order valence-corrected chi connectivity index (χ1v) is 11.8. The molecule has 0 aliphatic heterocycles. The molecular formula is C26H26FN5O3. The molecule has 35 heavy (non-hydrogen) atoms. The molecule has 4 aromatic rings. The molecule has 1 N–H and O–H groups in total. The van der Waals surface area contributed by atoms with E-state index in [0.717, 1.165) is 35.8 Å². The van der Waals surface area contributed by atoms with Crippen molar-refractivity contribution >= 4 is 17.1 Å². The highest BCUT2D eigenvalue weighted by atomic mass is 19.1. The molecule has 2 heterocycles. The number of nitrogens with zero attached hydrogens (tertiary/aromatic N) is 4. The Morgan fingerprint density at radius 2 is 1.69 bits per heavy atom. The number of hydrogen-bond acceptors (Lipinski definition) is 4. The van der Waals surface area contributed by atoms with Gasteiger partial charge in [-0.2, -0.15) is 0 Å². The minimum Gasteiger partial charge on any atom is -0.350 e. The second-order valence-corrected chi connectivity index (χ2v) is 8.91. The third-order valence-electron chi connectivity index (χ3n) is 6.55. The third-order valence-corrected chi connectivity index (χ3v) is 6.55. The van der Waals surface area contributed by atoms with Gasteiger partial charge in [0.25, 0.3) is 5.56 Å². The first kappa shape index (κ1) is 22.8. The maximum Gasteiger partial charge on any atom is 0.333 e. The Balaban J connectivity index is 1.52. The van der Waals surface area contributed by atoms with Crippen molar-refractivity contribution < 1.29 is 9.18 Å². The summed E-state index contributed by atoms with van der Waals surface area (Å²) in [6.45, 7) is -0.0247. The number of amides is 1. The molecule has 0 radical (unpaired) electrons. The summed E-state index contributed by atoms with van der Waals surface area (Å²) in [5, 5.41) is 2.71. The van der Waals surface area contributed by atoms with E-state index in [1.165, 1.54) is 16.7 Å². The van der Waals surface area contributed by atoms with E-state index in [1.54, 1.807) is 18.5 Å². The van der Waals surface area contributed by atoms with Gasteiger partial charge in [0.05, 0.1) is 12.9 Å². The van der Waals surface area contributed by atoms with Crippen molar-refractivity contribution in [1.82, 2.24) is 24.0 Å². The van der Waals surface area contributed by atoms with Gasteiger partial charge in [0.2, 0.25) is 5.91 Å². The van der Waals surface area contributed by atoms with Gasteiger partial charge in [-0.3, -0.25) is 14.2 Å². The maximum absolute atomic E-state index is 13.5. The van der Waals surface area contributed by atoms with Gasteiger partial charge in [0, 0.05) is 12.6 Å². The summed E-state index contributed by atoms with van der Waals surface area (Å²) in [5.41, 5.74) is 1.17. The summed E-state index contributed by atoms with van der Waals surface area (Å²) in [7, 11) is 0. The molecule has 0 spiro atoms. The predicted octanol–water partition coefficient (Wildman–Crippen LogP) is 2.98. The standard InChI is InChI=1S/C26H26FN5O3/c27-20-12-10-18(11-13-20)14-28-22(33)16-31-25(34)23-24(29-17-32(23)21-8-4-5-9-21)30(26(31)35)15-19-6-2-1-3-7-19/h1-3,6-7,10-13,17,21H,4-5,8-9,14-16H2,(H,28,33). The number of aromatic nitrogens is 4. The van der Waals surface area contributed by atoms with Gasteiger partial charge in [-0.1, -0.05) is 55.3 Å². The van der Waals surface area contributed by atoms with E-state index in [2.05, 4.69) is 10.3 Å². The largest absolute Gasteiger partial charge is 0.350 e. The van der Waals surface area contributed by atoms with Gasteiger partial charge in [-0.05, 0) is 36.1 Å². The highest BCUT2D eigenvalue weighted by Gasteiger charge is 2.24. The number of rotatable bonds is 7. The Hall–Kier alpha value is -4.01. The monoisotopic (exact) mass is 475 g/mol. The molecule has 9 heteroatoms. The summed E-state index contributed by atoms with van der Waals surface area (Å²) in [5.74, 6) is -0.844. The summed E-state index contributed by atoms with van der Waals surface area (Å²) >= 11 is 0. The molecule has 1 amide bonds. The molecule has 5 rings (SSSR count). The van der Waals surface area contributed by atoms with Gasteiger partial charge in [-0.25, -0.2) is 18.7 Å². The van der Waals surface area contributed by atoms with Crippen LogP contribution in [0.2, 0.25) is 0 Å². The number of halogens is 1. The van der Waals surface area contributed by atoms with E-state index in [0.29, 0.717) is 16.7 Å². The lowest BCUT2D eigenvalue weighted by Crippen LogP contribution is -2.44. The average Bonchev–Trinajstić information content (AvgIpc) is 3.55. The Morgan fingerprint density at radius 1 is 0.971 bits per heavy atom. The van der Waals surface area contributed by atoms with Gasteiger partial charge in [0.1, 0.15) is 12.4 Å². The number of carbonyl (C=O) groups is 1. The molecule has 1 aliphatic carbocycles. The Kier molecular flexibility index (Phi) is 6.31. The third kappa shape index (κ3) is 4.66. The van der Waals surface area contributed by atoms with Crippen LogP contribution in [0.1, 0.15) is 42.9 Å². The molecule has 180 valence electrons. The summed E-state index contributed by atoms with van der Waals surface area (Å²) in [6, 6.07) is 15.4. The van der Waals surface area contributed by atoms with Crippen molar-refractivity contribution in [3.05, 3.63) is 98.7 Å². The molecule has 0 atom stereocenters. The van der Waals surface area contributed by atoms with Crippen LogP contribution in [0.15, 0.2) is 70.5 Å². The van der Waals surface area contributed by atoms with E-state index >= 15 is 0 Å². The lowest BCUT2D eigenvalue weighted by Gasteiger charge is -2.15. The average molecular weight is 476 g/mol. The fourth-order valence-electron chi connectivity index (χ4n) is 4.72. The van der Waals surface area contributed by atoms with Crippen LogP contribution >= 0.6 is 0 Å². The zero-order valence-corrected chi connectivity index (χ0v) is 19.2. The van der Waals surface area contributed by atoms with Crippen LogP contribution in [-0.2, 0) is 24.4 Å². The first-order valence-electron chi connectivity index (χ1n) is 11.8. The van der Waals surface area contributed by atoms with Gasteiger partial charge in [-0.15, -0.1) is 0 Å². The molecule has 2 aromatic carbocycles. The van der Waals surface area contributed by atoms with Crippen molar-refractivity contribution in [2.24, 2.45) is 0 Å². The minimum atomic E-state index is -0.583. The number of carbonyl (C=O) groups excluding carboxylic acids is 1. The number of hydrogen-bond donors (Lipinski definition) is 1. The molecule has 8 nitrogen and oxygen atoms in total. The summed E-state index contributed by atoms with van der Waals surface area (Å²) < 4.78 is 17.5. The number of nitrogens with one attached hydrogen (secondary N) is 1. The lowest BCUT2D eigenvalue weighted by molar-refractivity contribution is -0.121. The fraction of sp³-hybridized carbons (Fsp3) is 0.308. The Labute approximate surface area is 200 Å². The second kappa shape index (κ2) is 9.69. The molecule has 1 saturated carbocycles. The van der Waals surface area contributed by atoms with E-state index < -0.39 is 23.7 Å². The van der Waals surface area contributed by atoms with Crippen LogP contribution < -0.4 is 16.6 Å². The van der Waals surface area contributed by atoms with Crippen LogP contribution in [0.3, 0.4) is 0 Å². The van der Waals surface area contributed by atoms with E-state index in [-0.39, 0.29) is 24.9 Å². The van der Waals surface area contributed by atoms with Crippen LogP contribution in [0.4, 0.5) is 4.39 Å². The topological polar surface area (TPSA) is 90.9 Å². The summed E-state index contributed by atoms with van der Waals surface area (Å²) in [6.07, 6.45) is 5.69. The van der Waals surface area contributed by atoms with E-state index in [9.17, 15) is 18.8 Å². The first-order chi connectivity index (χ1) is 17.0. The smallest absolute Gasteiger partial charge is 0.333 e. The highest BCUT2D eigenvalue weighted by molar-refractivity contribution is 5.76.